The van der Waals surface area contributed by atoms with Crippen LogP contribution in [0.4, 0.5) is 0 Å². The second-order valence-corrected chi connectivity index (χ2v) is 3.39. The van der Waals surface area contributed by atoms with Gasteiger partial charge in [0, 0.05) is 20.4 Å². The molecule has 1 heterocycles. The number of hydrogen-bond acceptors (Lipinski definition) is 3. The molecule has 4 heteroatoms. The van der Waals surface area contributed by atoms with Gasteiger partial charge in [-0.3, -0.25) is 0 Å². The number of aromatic nitrogens is 2. The van der Waals surface area contributed by atoms with Crippen LogP contribution in [0.5, 0.6) is 0 Å². The van der Waals surface area contributed by atoms with Crippen LogP contribution in [-0.4, -0.2) is 29.8 Å². The number of methoxy groups -OCH3 is 1. The summed E-state index contributed by atoms with van der Waals surface area (Å²) in [5.41, 5.74) is 1.17. The minimum atomic E-state index is 0.243. The SMILES string of the molecule is CCCNC(COC)c1cncn1C. The fourth-order valence-electron chi connectivity index (χ4n) is 1.44. The zero-order valence-corrected chi connectivity index (χ0v) is 9.16. The van der Waals surface area contributed by atoms with Crippen molar-refractivity contribution in [1.82, 2.24) is 14.9 Å². The third kappa shape index (κ3) is 2.82. The monoisotopic (exact) mass is 197 g/mol. The summed E-state index contributed by atoms with van der Waals surface area (Å²) in [6, 6.07) is 0.243. The van der Waals surface area contributed by atoms with Gasteiger partial charge in [0.1, 0.15) is 0 Å². The van der Waals surface area contributed by atoms with Crippen molar-refractivity contribution in [2.75, 3.05) is 20.3 Å². The smallest absolute Gasteiger partial charge is 0.0946 e. The predicted octanol–water partition coefficient (Wildman–Crippen LogP) is 1.11. The maximum atomic E-state index is 5.18. The summed E-state index contributed by atoms with van der Waals surface area (Å²) in [6.07, 6.45) is 4.82. The van der Waals surface area contributed by atoms with Crippen molar-refractivity contribution >= 4 is 0 Å². The normalized spacial score (nSPS) is 13.1. The van der Waals surface area contributed by atoms with Crippen molar-refractivity contribution in [2.45, 2.75) is 19.4 Å². The Bertz CT molecular complexity index is 260. The lowest BCUT2D eigenvalue weighted by atomic mass is 10.2. The number of rotatable bonds is 6. The maximum Gasteiger partial charge on any atom is 0.0946 e. The van der Waals surface area contributed by atoms with E-state index in [0.29, 0.717) is 6.61 Å². The Balaban J connectivity index is 2.62. The summed E-state index contributed by atoms with van der Waals surface area (Å²) < 4.78 is 7.20. The predicted molar refractivity (Wildman–Crippen MR) is 56.1 cm³/mol. The standard InChI is InChI=1S/C10H19N3O/c1-4-5-12-9(7-14-3)10-6-11-8-13(10)2/h6,8-9,12H,4-5,7H2,1-3H3. The lowest BCUT2D eigenvalue weighted by molar-refractivity contribution is 0.164. The number of nitrogens with one attached hydrogen (secondary N) is 1. The molecule has 4 nitrogen and oxygen atoms in total. The van der Waals surface area contributed by atoms with Crippen LogP contribution >= 0.6 is 0 Å². The first kappa shape index (κ1) is 11.2. The van der Waals surface area contributed by atoms with Gasteiger partial charge < -0.3 is 14.6 Å². The molecule has 14 heavy (non-hydrogen) atoms. The Labute approximate surface area is 85.3 Å². The number of hydrogen-bond donors (Lipinski definition) is 1. The minimum absolute atomic E-state index is 0.243. The van der Waals surface area contributed by atoms with Crippen molar-refractivity contribution in [3.05, 3.63) is 18.2 Å². The van der Waals surface area contributed by atoms with Crippen LogP contribution in [0.1, 0.15) is 25.1 Å². The van der Waals surface area contributed by atoms with Gasteiger partial charge in [0.25, 0.3) is 0 Å². The van der Waals surface area contributed by atoms with Crippen LogP contribution in [0.2, 0.25) is 0 Å². The van der Waals surface area contributed by atoms with E-state index in [4.69, 9.17) is 4.74 Å². The second-order valence-electron chi connectivity index (χ2n) is 3.39. The van der Waals surface area contributed by atoms with E-state index in [1.165, 1.54) is 5.69 Å². The Morgan fingerprint density at radius 2 is 2.43 bits per heavy atom. The van der Waals surface area contributed by atoms with Crippen molar-refractivity contribution in [3.8, 4) is 0 Å². The number of nitrogens with zero attached hydrogens (tertiary/aromatic N) is 2. The third-order valence-electron chi connectivity index (χ3n) is 2.19. The Hall–Kier alpha value is -0.870. The van der Waals surface area contributed by atoms with Crippen molar-refractivity contribution < 1.29 is 4.74 Å². The van der Waals surface area contributed by atoms with Crippen LogP contribution in [0, 0.1) is 0 Å². The van der Waals surface area contributed by atoms with E-state index in [1.54, 1.807) is 7.11 Å². The van der Waals surface area contributed by atoms with E-state index in [1.807, 2.05) is 24.1 Å². The molecule has 0 aliphatic carbocycles. The summed E-state index contributed by atoms with van der Waals surface area (Å²) in [5, 5.41) is 3.43. The Kier molecular flexibility index (Phi) is 4.62. The molecule has 0 saturated heterocycles. The summed E-state index contributed by atoms with van der Waals surface area (Å²) in [7, 11) is 3.72. The van der Waals surface area contributed by atoms with E-state index < -0.39 is 0 Å². The largest absolute Gasteiger partial charge is 0.383 e. The van der Waals surface area contributed by atoms with Gasteiger partial charge in [-0.2, -0.15) is 0 Å². The highest BCUT2D eigenvalue weighted by atomic mass is 16.5. The molecule has 1 rings (SSSR count). The minimum Gasteiger partial charge on any atom is -0.383 e. The van der Waals surface area contributed by atoms with Crippen LogP contribution in [0.15, 0.2) is 12.5 Å². The molecular weight excluding hydrogens is 178 g/mol. The van der Waals surface area contributed by atoms with E-state index in [9.17, 15) is 0 Å². The summed E-state index contributed by atoms with van der Waals surface area (Å²) in [5.74, 6) is 0. The molecule has 0 amide bonds. The highest BCUT2D eigenvalue weighted by Gasteiger charge is 2.13. The Morgan fingerprint density at radius 1 is 1.64 bits per heavy atom. The average molecular weight is 197 g/mol. The summed E-state index contributed by atoms with van der Waals surface area (Å²) in [6.45, 7) is 3.83. The van der Waals surface area contributed by atoms with Crippen molar-refractivity contribution in [1.29, 1.82) is 0 Å². The van der Waals surface area contributed by atoms with Crippen LogP contribution in [0.3, 0.4) is 0 Å². The lowest BCUT2D eigenvalue weighted by Gasteiger charge is -2.17. The topological polar surface area (TPSA) is 39.1 Å². The van der Waals surface area contributed by atoms with Crippen molar-refractivity contribution in [2.24, 2.45) is 7.05 Å². The van der Waals surface area contributed by atoms with Crippen LogP contribution in [0.25, 0.3) is 0 Å². The maximum absolute atomic E-state index is 5.18. The van der Waals surface area contributed by atoms with E-state index >= 15 is 0 Å². The first-order valence-electron chi connectivity index (χ1n) is 4.98. The van der Waals surface area contributed by atoms with E-state index in [0.717, 1.165) is 13.0 Å². The van der Waals surface area contributed by atoms with E-state index in [-0.39, 0.29) is 6.04 Å². The van der Waals surface area contributed by atoms with Gasteiger partial charge in [0.15, 0.2) is 0 Å². The molecule has 1 unspecified atom stereocenters. The van der Waals surface area contributed by atoms with E-state index in [2.05, 4.69) is 17.2 Å². The zero-order valence-electron chi connectivity index (χ0n) is 9.16. The molecule has 1 atom stereocenters. The quantitative estimate of drug-likeness (QED) is 0.742. The molecule has 0 fully saturated rings. The first-order chi connectivity index (χ1) is 6.79. The van der Waals surface area contributed by atoms with Gasteiger partial charge in [-0.05, 0) is 13.0 Å². The van der Waals surface area contributed by atoms with Gasteiger partial charge in [-0.1, -0.05) is 6.92 Å². The molecule has 0 bridgehead atoms. The van der Waals surface area contributed by atoms with Crippen LogP contribution in [-0.2, 0) is 11.8 Å². The number of imidazole rings is 1. The van der Waals surface area contributed by atoms with Crippen LogP contribution < -0.4 is 5.32 Å². The molecule has 0 radical (unpaired) electrons. The number of ether oxygens (including phenoxy) is 1. The van der Waals surface area contributed by atoms with Crippen molar-refractivity contribution in [3.63, 3.8) is 0 Å². The Morgan fingerprint density at radius 3 is 2.93 bits per heavy atom. The molecule has 0 aliphatic heterocycles. The zero-order chi connectivity index (χ0) is 10.4. The van der Waals surface area contributed by atoms with Gasteiger partial charge in [-0.15, -0.1) is 0 Å². The first-order valence-corrected chi connectivity index (χ1v) is 4.98. The molecule has 0 aliphatic rings. The van der Waals surface area contributed by atoms with Gasteiger partial charge in [-0.25, -0.2) is 4.98 Å². The summed E-state index contributed by atoms with van der Waals surface area (Å²) >= 11 is 0. The molecule has 0 saturated carbocycles. The average Bonchev–Trinajstić information content (AvgIpc) is 2.59. The third-order valence-corrected chi connectivity index (χ3v) is 2.19. The molecule has 0 spiro atoms. The second kappa shape index (κ2) is 5.78. The summed E-state index contributed by atoms with van der Waals surface area (Å²) in [4.78, 5) is 4.10. The molecule has 1 aromatic rings. The molecular formula is C10H19N3O. The highest BCUT2D eigenvalue weighted by Crippen LogP contribution is 2.11. The van der Waals surface area contributed by atoms with Gasteiger partial charge >= 0.3 is 0 Å². The number of aryl methyl sites for hydroxylation is 1. The van der Waals surface area contributed by atoms with Gasteiger partial charge in [0.05, 0.1) is 24.7 Å². The fourth-order valence-corrected chi connectivity index (χ4v) is 1.44. The molecule has 1 N–H and O–H groups in total. The molecule has 80 valence electrons. The fraction of sp³-hybridized carbons (Fsp3) is 0.700. The molecule has 1 aromatic heterocycles. The van der Waals surface area contributed by atoms with Gasteiger partial charge in [0.2, 0.25) is 0 Å². The molecule has 0 aromatic carbocycles. The highest BCUT2D eigenvalue weighted by molar-refractivity contribution is 5.04. The lowest BCUT2D eigenvalue weighted by Crippen LogP contribution is -2.27.